The predicted octanol–water partition coefficient (Wildman–Crippen LogP) is 0.473. The molecule has 0 bridgehead atoms. The van der Waals surface area contributed by atoms with E-state index in [9.17, 15) is 14.7 Å². The van der Waals surface area contributed by atoms with Crippen LogP contribution < -0.4 is 5.32 Å². The summed E-state index contributed by atoms with van der Waals surface area (Å²) in [4.78, 5) is 30.9. The molecule has 1 saturated heterocycles. The molecule has 2 rings (SSSR count). The van der Waals surface area contributed by atoms with Gasteiger partial charge in [-0.15, -0.1) is 0 Å². The summed E-state index contributed by atoms with van der Waals surface area (Å²) in [7, 11) is 1.24. The number of hydrogen-bond donors (Lipinski definition) is 2. The van der Waals surface area contributed by atoms with Gasteiger partial charge in [-0.1, -0.05) is 0 Å². The molecule has 0 amide bonds. The van der Waals surface area contributed by atoms with E-state index in [1.165, 1.54) is 7.11 Å². The van der Waals surface area contributed by atoms with Gasteiger partial charge < -0.3 is 19.9 Å². The van der Waals surface area contributed by atoms with Crippen LogP contribution in [0.1, 0.15) is 23.2 Å². The fraction of sp³-hybridized carbons (Fsp3) is 0.538. The van der Waals surface area contributed by atoms with Crippen LogP contribution in [0.2, 0.25) is 0 Å². The summed E-state index contributed by atoms with van der Waals surface area (Å²) in [5.41, 5.74) is -0.478. The monoisotopic (exact) mass is 295 g/mol. The third kappa shape index (κ3) is 2.94. The molecule has 2 N–H and O–H groups in total. The number of methoxy groups -OCH3 is 1. The molecule has 1 aliphatic rings. The van der Waals surface area contributed by atoms with E-state index in [0.717, 1.165) is 0 Å². The maximum Gasteiger partial charge on any atom is 0.376 e. The topological polar surface area (TPSA) is 111 Å². The van der Waals surface area contributed by atoms with Crippen LogP contribution in [0.25, 0.3) is 0 Å². The average molecular weight is 295 g/mol. The van der Waals surface area contributed by atoms with Gasteiger partial charge in [-0.05, 0) is 13.8 Å². The molecule has 2 atom stereocenters. The summed E-state index contributed by atoms with van der Waals surface area (Å²) in [6.07, 6.45) is 0. The van der Waals surface area contributed by atoms with Crippen molar-refractivity contribution in [3.05, 3.63) is 17.6 Å². The van der Waals surface area contributed by atoms with Crippen molar-refractivity contribution in [1.82, 2.24) is 9.97 Å². The molecule has 8 heteroatoms. The summed E-state index contributed by atoms with van der Waals surface area (Å²) >= 11 is 0. The Morgan fingerprint density at radius 1 is 1.52 bits per heavy atom. The Balaban J connectivity index is 2.25. The number of esters is 1. The van der Waals surface area contributed by atoms with E-state index in [1.54, 1.807) is 19.9 Å². The highest BCUT2D eigenvalue weighted by Crippen LogP contribution is 2.31. The Bertz CT molecular complexity index is 577. The molecule has 1 fully saturated rings. The third-order valence-corrected chi connectivity index (χ3v) is 3.49. The summed E-state index contributed by atoms with van der Waals surface area (Å²) in [5.74, 6) is -1.30. The quantitative estimate of drug-likeness (QED) is 0.771. The van der Waals surface area contributed by atoms with Crippen LogP contribution in [-0.2, 0) is 14.3 Å². The Kier molecular flexibility index (Phi) is 4.08. The Morgan fingerprint density at radius 2 is 2.24 bits per heavy atom. The molecule has 0 aliphatic carbocycles. The van der Waals surface area contributed by atoms with Crippen LogP contribution in [0.15, 0.2) is 6.07 Å². The molecule has 2 heterocycles. The van der Waals surface area contributed by atoms with Crippen molar-refractivity contribution in [2.24, 2.45) is 5.41 Å². The number of aliphatic carboxylic acids is 1. The van der Waals surface area contributed by atoms with Crippen molar-refractivity contribution in [1.29, 1.82) is 0 Å². The van der Waals surface area contributed by atoms with E-state index in [-0.39, 0.29) is 19.0 Å². The van der Waals surface area contributed by atoms with E-state index in [1.807, 2.05) is 0 Å². The molecule has 0 saturated carbocycles. The van der Waals surface area contributed by atoms with Crippen molar-refractivity contribution in [3.8, 4) is 0 Å². The van der Waals surface area contributed by atoms with E-state index >= 15 is 0 Å². The van der Waals surface area contributed by atoms with E-state index in [2.05, 4.69) is 20.0 Å². The molecular weight excluding hydrogens is 278 g/mol. The van der Waals surface area contributed by atoms with Crippen LogP contribution in [-0.4, -0.2) is 53.4 Å². The average Bonchev–Trinajstić information content (AvgIpc) is 2.80. The van der Waals surface area contributed by atoms with Crippen molar-refractivity contribution in [2.45, 2.75) is 19.9 Å². The largest absolute Gasteiger partial charge is 0.481 e. The molecule has 1 aromatic heterocycles. The van der Waals surface area contributed by atoms with Crippen molar-refractivity contribution < 1.29 is 24.2 Å². The minimum atomic E-state index is -1.05. The van der Waals surface area contributed by atoms with Crippen molar-refractivity contribution >= 4 is 17.8 Å². The predicted molar refractivity (Wildman–Crippen MR) is 72.1 cm³/mol. The Morgan fingerprint density at radius 3 is 2.86 bits per heavy atom. The lowest BCUT2D eigenvalue weighted by atomic mass is 9.85. The summed E-state index contributed by atoms with van der Waals surface area (Å²) < 4.78 is 9.84. The van der Waals surface area contributed by atoms with Crippen LogP contribution in [0.5, 0.6) is 0 Å². The standard InChI is InChI=1S/C13H17N3O5/c1-7-4-9(16-10(14-7)11(17)20-3)15-8-5-21-6-13(8,2)12(18)19/h4,8H,5-6H2,1-3H3,(H,18,19)(H,14,15,16). The zero-order valence-electron chi connectivity index (χ0n) is 12.0. The maximum absolute atomic E-state index is 11.5. The molecule has 21 heavy (non-hydrogen) atoms. The van der Waals surface area contributed by atoms with Gasteiger partial charge in [0.1, 0.15) is 11.2 Å². The molecule has 0 radical (unpaired) electrons. The second-order valence-electron chi connectivity index (χ2n) is 5.14. The van der Waals surface area contributed by atoms with Gasteiger partial charge in [0.2, 0.25) is 5.82 Å². The van der Waals surface area contributed by atoms with Gasteiger partial charge in [0.15, 0.2) is 0 Å². The molecule has 1 aliphatic heterocycles. The van der Waals surface area contributed by atoms with Gasteiger partial charge in [-0.3, -0.25) is 4.79 Å². The molecular formula is C13H17N3O5. The fourth-order valence-electron chi connectivity index (χ4n) is 2.09. The SMILES string of the molecule is COC(=O)c1nc(C)cc(NC2COCC2(C)C(=O)O)n1. The molecule has 2 unspecified atom stereocenters. The number of nitrogens with one attached hydrogen (secondary N) is 1. The fourth-order valence-corrected chi connectivity index (χ4v) is 2.09. The van der Waals surface area contributed by atoms with Crippen LogP contribution >= 0.6 is 0 Å². The number of carboxylic acid groups (broad SMARTS) is 1. The van der Waals surface area contributed by atoms with Gasteiger partial charge >= 0.3 is 11.9 Å². The lowest BCUT2D eigenvalue weighted by molar-refractivity contribution is -0.148. The number of carbonyl (C=O) groups excluding carboxylic acids is 1. The number of hydrogen-bond acceptors (Lipinski definition) is 7. The van der Waals surface area contributed by atoms with Crippen LogP contribution in [0.4, 0.5) is 5.82 Å². The van der Waals surface area contributed by atoms with Gasteiger partial charge in [-0.2, -0.15) is 0 Å². The minimum absolute atomic E-state index is 0.0732. The van der Waals surface area contributed by atoms with Gasteiger partial charge in [0.05, 0.1) is 26.4 Å². The minimum Gasteiger partial charge on any atom is -0.481 e. The highest BCUT2D eigenvalue weighted by molar-refractivity contribution is 5.85. The van der Waals surface area contributed by atoms with Crippen molar-refractivity contribution in [2.75, 3.05) is 25.6 Å². The van der Waals surface area contributed by atoms with Gasteiger partial charge in [0.25, 0.3) is 0 Å². The first-order chi connectivity index (χ1) is 9.86. The first kappa shape index (κ1) is 15.2. The molecule has 114 valence electrons. The van der Waals surface area contributed by atoms with Crippen LogP contribution in [0, 0.1) is 12.3 Å². The maximum atomic E-state index is 11.5. The number of carboxylic acids is 1. The second-order valence-corrected chi connectivity index (χ2v) is 5.14. The van der Waals surface area contributed by atoms with Gasteiger partial charge in [-0.25, -0.2) is 14.8 Å². The van der Waals surface area contributed by atoms with E-state index in [4.69, 9.17) is 4.74 Å². The Labute approximate surface area is 121 Å². The zero-order valence-corrected chi connectivity index (χ0v) is 12.0. The van der Waals surface area contributed by atoms with E-state index in [0.29, 0.717) is 11.5 Å². The lowest BCUT2D eigenvalue weighted by Gasteiger charge is -2.26. The lowest BCUT2D eigenvalue weighted by Crippen LogP contribution is -2.43. The number of aryl methyl sites for hydroxylation is 1. The Hall–Kier alpha value is -2.22. The smallest absolute Gasteiger partial charge is 0.376 e. The number of rotatable bonds is 4. The highest BCUT2D eigenvalue weighted by atomic mass is 16.5. The molecule has 0 spiro atoms. The third-order valence-electron chi connectivity index (χ3n) is 3.49. The number of aromatic nitrogens is 2. The van der Waals surface area contributed by atoms with Crippen LogP contribution in [0.3, 0.4) is 0 Å². The summed E-state index contributed by atoms with van der Waals surface area (Å²) in [6, 6.07) is 1.18. The van der Waals surface area contributed by atoms with Gasteiger partial charge in [0, 0.05) is 11.8 Å². The first-order valence-electron chi connectivity index (χ1n) is 6.38. The summed E-state index contributed by atoms with van der Waals surface area (Å²) in [6.45, 7) is 3.68. The molecule has 8 nitrogen and oxygen atoms in total. The first-order valence-corrected chi connectivity index (χ1v) is 6.38. The second kappa shape index (κ2) is 5.65. The number of nitrogens with zero attached hydrogens (tertiary/aromatic N) is 2. The van der Waals surface area contributed by atoms with E-state index < -0.39 is 23.4 Å². The zero-order chi connectivity index (χ0) is 15.6. The number of anilines is 1. The molecule has 0 aromatic carbocycles. The number of ether oxygens (including phenoxy) is 2. The normalized spacial score (nSPS) is 24.6. The number of carbonyl (C=O) groups is 2. The van der Waals surface area contributed by atoms with Crippen molar-refractivity contribution in [3.63, 3.8) is 0 Å². The molecule has 1 aromatic rings. The highest BCUT2D eigenvalue weighted by Gasteiger charge is 2.46. The summed E-state index contributed by atoms with van der Waals surface area (Å²) in [5, 5.41) is 12.3.